The van der Waals surface area contributed by atoms with Gasteiger partial charge in [0.25, 0.3) is 11.8 Å². The van der Waals surface area contributed by atoms with Crippen molar-refractivity contribution in [2.45, 2.75) is 80.9 Å². The van der Waals surface area contributed by atoms with Crippen molar-refractivity contribution in [1.82, 2.24) is 10.2 Å². The molecule has 3 amide bonds. The Balaban J connectivity index is 1.28. The lowest BCUT2D eigenvalue weighted by Crippen LogP contribution is -2.38. The number of anilines is 1. The standard InChI is InChI=1S/C39H46N4O9S2/c1-6-41-31-19-17-28(54(48,49)50)26-30(31)39(4,5)33(41)13-9-7-10-14-34-38(2,3)29-25-27(53-52-51-47)16-18-32(29)42(34)23-12-8-11-15-35(44)40-22-24-43-36(45)20-21-37(43)46/h7,9-10,13-14,16-21,25-26H,6,8,11-12,15,22-24H2,1-5H3,(H2-,40,44,47,48,49,50)/p-1. The molecule has 0 saturated carbocycles. The summed E-state index contributed by atoms with van der Waals surface area (Å²) in [5.41, 5.74) is 4.83. The van der Waals surface area contributed by atoms with E-state index in [4.69, 9.17) is 0 Å². The van der Waals surface area contributed by atoms with Gasteiger partial charge in [-0.2, -0.15) is 8.91 Å². The van der Waals surface area contributed by atoms with E-state index in [9.17, 15) is 32.6 Å². The number of carbonyl (C=O) groups is 3. The first-order valence-electron chi connectivity index (χ1n) is 17.8. The number of hydrogen-bond donors (Lipinski definition) is 1. The van der Waals surface area contributed by atoms with Crippen LogP contribution in [0, 0.1) is 0 Å². The van der Waals surface area contributed by atoms with E-state index >= 15 is 0 Å². The van der Waals surface area contributed by atoms with Crippen LogP contribution in [0.15, 0.2) is 94.4 Å². The Morgan fingerprint density at radius 3 is 2.37 bits per heavy atom. The molecule has 0 unspecified atom stereocenters. The number of carbonyl (C=O) groups excluding carboxylic acids is 3. The SMILES string of the molecule is CCN1/C(=C/C=C/C=C/C2=[N+](CCCCCC(=O)NCCN3C(=O)C=CC3=O)c3ccc(SOO[O-])cc3C2(C)C)C(C)(C)c2cc(S(=O)(=O)[O-])ccc21. The molecule has 0 aromatic heterocycles. The van der Waals surface area contributed by atoms with Gasteiger partial charge in [-0.1, -0.05) is 32.1 Å². The van der Waals surface area contributed by atoms with Crippen molar-refractivity contribution in [2.24, 2.45) is 0 Å². The first-order chi connectivity index (χ1) is 25.6. The molecule has 0 fully saturated rings. The predicted octanol–water partition coefficient (Wildman–Crippen LogP) is 4.61. The van der Waals surface area contributed by atoms with Crippen molar-refractivity contribution in [3.8, 4) is 0 Å². The van der Waals surface area contributed by atoms with Crippen LogP contribution in [0.5, 0.6) is 0 Å². The Kier molecular flexibility index (Phi) is 12.8. The number of nitrogens with zero attached hydrogens (tertiary/aromatic N) is 3. The number of unbranched alkanes of at least 4 members (excludes halogenated alkanes) is 2. The topological polar surface area (TPSA) is 171 Å². The van der Waals surface area contributed by atoms with E-state index < -0.39 is 20.9 Å². The summed E-state index contributed by atoms with van der Waals surface area (Å²) in [5, 5.41) is 16.8. The molecule has 1 N–H and O–H groups in total. The van der Waals surface area contributed by atoms with Gasteiger partial charge in [0, 0.05) is 84.0 Å². The van der Waals surface area contributed by atoms with E-state index in [1.165, 1.54) is 24.3 Å². The van der Waals surface area contributed by atoms with Crippen LogP contribution >= 0.6 is 12.0 Å². The third kappa shape index (κ3) is 8.77. The van der Waals surface area contributed by atoms with Crippen molar-refractivity contribution in [3.05, 3.63) is 95.8 Å². The monoisotopic (exact) mass is 777 g/mol. The normalized spacial score (nSPS) is 18.2. The van der Waals surface area contributed by atoms with Crippen LogP contribution in [0.2, 0.25) is 0 Å². The molecular formula is C39H45N4O9S2-. The lowest BCUT2D eigenvalue weighted by atomic mass is 9.81. The third-order valence-electron chi connectivity index (χ3n) is 10.1. The average Bonchev–Trinajstić information content (AvgIpc) is 3.64. The van der Waals surface area contributed by atoms with Crippen molar-refractivity contribution in [1.29, 1.82) is 0 Å². The number of fused-ring (bicyclic) bond motifs is 2. The summed E-state index contributed by atoms with van der Waals surface area (Å²) in [7, 11) is -4.59. The van der Waals surface area contributed by atoms with Crippen LogP contribution in [0.3, 0.4) is 0 Å². The Morgan fingerprint density at radius 2 is 1.69 bits per heavy atom. The number of rotatable bonds is 17. The van der Waals surface area contributed by atoms with Crippen molar-refractivity contribution >= 4 is 57.0 Å². The number of hydrogen-bond acceptors (Lipinski definition) is 11. The highest BCUT2D eigenvalue weighted by Gasteiger charge is 2.44. The Labute approximate surface area is 320 Å². The molecule has 0 radical (unpaired) electrons. The van der Waals surface area contributed by atoms with E-state index in [0.717, 1.165) is 68.6 Å². The molecule has 54 heavy (non-hydrogen) atoms. The van der Waals surface area contributed by atoms with Crippen LogP contribution in [-0.2, 0) is 44.7 Å². The van der Waals surface area contributed by atoms with Crippen molar-refractivity contribution < 1.29 is 46.6 Å². The maximum absolute atomic E-state index is 12.4. The summed E-state index contributed by atoms with van der Waals surface area (Å²) in [6.07, 6.45) is 15.0. The van der Waals surface area contributed by atoms with Gasteiger partial charge in [-0.05, 0) is 75.6 Å². The molecule has 2 aromatic carbocycles. The van der Waals surface area contributed by atoms with Gasteiger partial charge >= 0.3 is 0 Å². The van der Waals surface area contributed by atoms with E-state index in [2.05, 4.69) is 44.1 Å². The van der Waals surface area contributed by atoms with Crippen LogP contribution < -0.4 is 15.5 Å². The highest BCUT2D eigenvalue weighted by atomic mass is 32.2. The predicted molar refractivity (Wildman–Crippen MR) is 201 cm³/mol. The molecule has 3 aliphatic rings. The smallest absolute Gasteiger partial charge is 0.253 e. The molecule has 5 rings (SSSR count). The number of likely N-dealkylation sites (N-methyl/N-ethyl adjacent to an activating group) is 1. The zero-order valence-corrected chi connectivity index (χ0v) is 32.6. The van der Waals surface area contributed by atoms with Crippen LogP contribution in [0.4, 0.5) is 11.4 Å². The van der Waals surface area contributed by atoms with Gasteiger partial charge < -0.3 is 20.0 Å². The number of amides is 3. The van der Waals surface area contributed by atoms with Gasteiger partial charge in [-0.15, -0.1) is 0 Å². The fourth-order valence-corrected chi connectivity index (χ4v) is 8.18. The second kappa shape index (κ2) is 17.0. The fourth-order valence-electron chi connectivity index (χ4n) is 7.29. The zero-order valence-electron chi connectivity index (χ0n) is 31.0. The Morgan fingerprint density at radius 1 is 0.944 bits per heavy atom. The summed E-state index contributed by atoms with van der Waals surface area (Å²) in [4.78, 5) is 39.5. The molecular weight excluding hydrogens is 733 g/mol. The number of nitrogens with one attached hydrogen (secondary N) is 1. The van der Waals surface area contributed by atoms with Crippen molar-refractivity contribution in [2.75, 3.05) is 31.1 Å². The lowest BCUT2D eigenvalue weighted by molar-refractivity contribution is -0.777. The number of allylic oxidation sites excluding steroid dienone is 6. The minimum Gasteiger partial charge on any atom is -0.744 e. The van der Waals surface area contributed by atoms with Crippen LogP contribution in [0.1, 0.15) is 71.4 Å². The van der Waals surface area contributed by atoms with E-state index in [-0.39, 0.29) is 35.7 Å². The summed E-state index contributed by atoms with van der Waals surface area (Å²) >= 11 is 0.841. The van der Waals surface area contributed by atoms with Gasteiger partial charge in [0.15, 0.2) is 5.71 Å². The lowest BCUT2D eigenvalue weighted by Gasteiger charge is -2.25. The molecule has 0 spiro atoms. The van der Waals surface area contributed by atoms with Gasteiger partial charge in [0.05, 0.1) is 22.4 Å². The molecule has 2 aromatic rings. The van der Waals surface area contributed by atoms with Gasteiger partial charge in [-0.25, -0.2) is 8.42 Å². The summed E-state index contributed by atoms with van der Waals surface area (Å²) in [6.45, 7) is 12.0. The number of benzene rings is 2. The van der Waals surface area contributed by atoms with E-state index in [0.29, 0.717) is 25.9 Å². The molecule has 0 atom stereocenters. The van der Waals surface area contributed by atoms with Crippen LogP contribution in [0.25, 0.3) is 0 Å². The summed E-state index contributed by atoms with van der Waals surface area (Å²) in [5.74, 6) is -0.877. The van der Waals surface area contributed by atoms with Crippen LogP contribution in [-0.4, -0.2) is 72.1 Å². The maximum Gasteiger partial charge on any atom is 0.253 e. The quantitative estimate of drug-likeness (QED) is 0.0348. The third-order valence-corrected chi connectivity index (χ3v) is 11.5. The van der Waals surface area contributed by atoms with E-state index in [1.807, 2.05) is 63.3 Å². The van der Waals surface area contributed by atoms with Gasteiger partial charge in [0.1, 0.15) is 16.7 Å². The second-order valence-corrected chi connectivity index (χ2v) is 16.3. The summed E-state index contributed by atoms with van der Waals surface area (Å²) < 4.78 is 42.1. The molecule has 13 nitrogen and oxygen atoms in total. The highest BCUT2D eigenvalue weighted by Crippen LogP contribution is 2.48. The minimum atomic E-state index is -4.59. The van der Waals surface area contributed by atoms with Gasteiger partial charge in [-0.3, -0.25) is 24.3 Å². The average molecular weight is 778 g/mol. The van der Waals surface area contributed by atoms with Gasteiger partial charge in [0.2, 0.25) is 11.6 Å². The molecule has 3 heterocycles. The molecule has 0 aliphatic carbocycles. The maximum atomic E-state index is 12.4. The molecule has 0 saturated heterocycles. The Bertz CT molecular complexity index is 2050. The highest BCUT2D eigenvalue weighted by molar-refractivity contribution is 7.94. The summed E-state index contributed by atoms with van der Waals surface area (Å²) in [6, 6.07) is 10.4. The number of imide groups is 1. The molecule has 0 bridgehead atoms. The Hall–Kier alpha value is -4.38. The first-order valence-corrected chi connectivity index (χ1v) is 19.9. The fraction of sp³-hybridized carbons (Fsp3) is 0.385. The molecule has 3 aliphatic heterocycles. The molecule has 15 heteroatoms. The zero-order chi connectivity index (χ0) is 39.3. The van der Waals surface area contributed by atoms with E-state index in [1.54, 1.807) is 6.07 Å². The second-order valence-electron chi connectivity index (χ2n) is 14.2. The largest absolute Gasteiger partial charge is 0.744 e. The first kappa shape index (κ1) is 40.8. The van der Waals surface area contributed by atoms with Crippen molar-refractivity contribution in [3.63, 3.8) is 0 Å². The minimum absolute atomic E-state index is 0.131. The molecule has 288 valence electrons.